The van der Waals surface area contributed by atoms with Gasteiger partial charge in [0.1, 0.15) is 0 Å². The third kappa shape index (κ3) is 3.94. The maximum absolute atomic E-state index is 12.0. The summed E-state index contributed by atoms with van der Waals surface area (Å²) >= 11 is 0. The Morgan fingerprint density at radius 1 is 1.16 bits per heavy atom. The molecule has 2 aromatic rings. The summed E-state index contributed by atoms with van der Waals surface area (Å²) in [6.07, 6.45) is 0. The van der Waals surface area contributed by atoms with E-state index in [0.717, 1.165) is 22.5 Å². The molecule has 0 atom stereocenters. The molecule has 0 aliphatic rings. The molecule has 1 aromatic carbocycles. The molecule has 0 spiro atoms. The molecular formula is C14H18N2O2S. The van der Waals surface area contributed by atoms with Crippen molar-refractivity contribution >= 4 is 10.0 Å². The van der Waals surface area contributed by atoms with Crippen molar-refractivity contribution < 1.29 is 8.42 Å². The van der Waals surface area contributed by atoms with Crippen molar-refractivity contribution in [1.29, 1.82) is 0 Å². The fraction of sp³-hybridized carbons (Fsp3) is 0.286. The second kappa shape index (κ2) is 5.59. The molecule has 102 valence electrons. The van der Waals surface area contributed by atoms with Crippen LogP contribution in [0.3, 0.4) is 0 Å². The van der Waals surface area contributed by atoms with Crippen molar-refractivity contribution in [1.82, 2.24) is 9.71 Å². The van der Waals surface area contributed by atoms with Crippen LogP contribution in [-0.2, 0) is 22.3 Å². The monoisotopic (exact) mass is 278 g/mol. The van der Waals surface area contributed by atoms with Crippen LogP contribution in [0.5, 0.6) is 0 Å². The van der Waals surface area contributed by atoms with Gasteiger partial charge in [-0.05, 0) is 31.0 Å². The molecule has 0 unspecified atom stereocenters. The van der Waals surface area contributed by atoms with Crippen LogP contribution in [0.25, 0.3) is 0 Å². The van der Waals surface area contributed by atoms with Crippen molar-refractivity contribution in [3.63, 3.8) is 0 Å². The van der Waals surface area contributed by atoms with Crippen LogP contribution in [0.15, 0.2) is 36.4 Å². The summed E-state index contributed by atoms with van der Waals surface area (Å²) < 4.78 is 26.6. The molecule has 19 heavy (non-hydrogen) atoms. The van der Waals surface area contributed by atoms with Crippen LogP contribution in [0.4, 0.5) is 0 Å². The SMILES string of the molecule is Cc1cc(CNS(=O)(=O)Cc2ccccc2)c(C)[nH]1. The van der Waals surface area contributed by atoms with E-state index in [1.807, 2.05) is 50.2 Å². The summed E-state index contributed by atoms with van der Waals surface area (Å²) in [7, 11) is -3.30. The van der Waals surface area contributed by atoms with E-state index in [9.17, 15) is 8.42 Å². The van der Waals surface area contributed by atoms with Crippen molar-refractivity contribution in [3.8, 4) is 0 Å². The van der Waals surface area contributed by atoms with Crippen molar-refractivity contribution in [2.75, 3.05) is 0 Å². The second-order valence-corrected chi connectivity index (χ2v) is 6.48. The average Bonchev–Trinajstić information content (AvgIpc) is 2.66. The first kappa shape index (κ1) is 13.8. The smallest absolute Gasteiger partial charge is 0.216 e. The highest BCUT2D eigenvalue weighted by molar-refractivity contribution is 7.88. The fourth-order valence-electron chi connectivity index (χ4n) is 2.00. The normalized spacial score (nSPS) is 11.7. The number of aromatic nitrogens is 1. The highest BCUT2D eigenvalue weighted by atomic mass is 32.2. The van der Waals surface area contributed by atoms with Gasteiger partial charge >= 0.3 is 0 Å². The lowest BCUT2D eigenvalue weighted by atomic mass is 10.2. The second-order valence-electron chi connectivity index (χ2n) is 4.67. The molecule has 1 aromatic heterocycles. The topological polar surface area (TPSA) is 62.0 Å². The Morgan fingerprint density at radius 2 is 1.84 bits per heavy atom. The number of sulfonamides is 1. The number of aromatic amines is 1. The Labute approximate surface area is 113 Å². The Hall–Kier alpha value is -1.59. The van der Waals surface area contributed by atoms with E-state index in [2.05, 4.69) is 9.71 Å². The standard InChI is InChI=1S/C14H18N2O2S/c1-11-8-14(12(2)16-11)9-15-19(17,18)10-13-6-4-3-5-7-13/h3-8,15-16H,9-10H2,1-2H3. The fourth-order valence-corrected chi connectivity index (χ4v) is 3.11. The lowest BCUT2D eigenvalue weighted by molar-refractivity contribution is 0.580. The Morgan fingerprint density at radius 3 is 2.42 bits per heavy atom. The number of rotatable bonds is 5. The molecule has 0 bridgehead atoms. The number of H-pyrrole nitrogens is 1. The Bertz CT molecular complexity index is 645. The molecular weight excluding hydrogens is 260 g/mol. The van der Waals surface area contributed by atoms with Gasteiger partial charge in [-0.3, -0.25) is 0 Å². The van der Waals surface area contributed by atoms with Gasteiger partial charge < -0.3 is 4.98 Å². The number of nitrogens with one attached hydrogen (secondary N) is 2. The molecule has 0 saturated heterocycles. The van der Waals surface area contributed by atoms with Crippen molar-refractivity contribution in [2.45, 2.75) is 26.1 Å². The predicted octanol–water partition coefficient (Wildman–Crippen LogP) is 2.25. The first-order valence-electron chi connectivity index (χ1n) is 6.12. The molecule has 0 radical (unpaired) electrons. The van der Waals surface area contributed by atoms with E-state index < -0.39 is 10.0 Å². The van der Waals surface area contributed by atoms with Gasteiger partial charge in [0, 0.05) is 17.9 Å². The summed E-state index contributed by atoms with van der Waals surface area (Å²) in [6, 6.07) is 11.1. The zero-order valence-corrected chi connectivity index (χ0v) is 11.9. The highest BCUT2D eigenvalue weighted by Gasteiger charge is 2.12. The summed E-state index contributed by atoms with van der Waals surface area (Å²) in [5.41, 5.74) is 3.81. The van der Waals surface area contributed by atoms with Gasteiger partial charge in [-0.1, -0.05) is 30.3 Å². The molecule has 0 fully saturated rings. The zero-order valence-electron chi connectivity index (χ0n) is 11.1. The first-order chi connectivity index (χ1) is 8.96. The van der Waals surface area contributed by atoms with Gasteiger partial charge in [-0.25, -0.2) is 13.1 Å². The van der Waals surface area contributed by atoms with Gasteiger partial charge in [0.25, 0.3) is 0 Å². The van der Waals surface area contributed by atoms with Crippen molar-refractivity contribution in [3.05, 3.63) is 58.9 Å². The summed E-state index contributed by atoms with van der Waals surface area (Å²) in [6.45, 7) is 4.22. The van der Waals surface area contributed by atoms with E-state index in [0.29, 0.717) is 6.54 Å². The van der Waals surface area contributed by atoms with Crippen LogP contribution < -0.4 is 4.72 Å². The molecule has 0 aliphatic heterocycles. The highest BCUT2D eigenvalue weighted by Crippen LogP contribution is 2.10. The number of benzene rings is 1. The molecule has 2 N–H and O–H groups in total. The van der Waals surface area contributed by atoms with Gasteiger partial charge in [-0.2, -0.15) is 0 Å². The third-order valence-corrected chi connectivity index (χ3v) is 4.24. The molecule has 2 rings (SSSR count). The van der Waals surface area contributed by atoms with Crippen molar-refractivity contribution in [2.24, 2.45) is 0 Å². The lowest BCUT2D eigenvalue weighted by Gasteiger charge is -2.06. The van der Waals surface area contributed by atoms with E-state index in [-0.39, 0.29) is 5.75 Å². The molecule has 0 aliphatic carbocycles. The Balaban J connectivity index is 2.00. The number of hydrogen-bond donors (Lipinski definition) is 2. The van der Waals surface area contributed by atoms with E-state index in [1.165, 1.54) is 0 Å². The Kier molecular flexibility index (Phi) is 4.07. The van der Waals surface area contributed by atoms with E-state index in [4.69, 9.17) is 0 Å². The molecule has 1 heterocycles. The van der Waals surface area contributed by atoms with Crippen LogP contribution in [0.1, 0.15) is 22.5 Å². The van der Waals surface area contributed by atoms with E-state index >= 15 is 0 Å². The summed E-state index contributed by atoms with van der Waals surface area (Å²) in [5.74, 6) is 0.0102. The maximum atomic E-state index is 12.0. The largest absolute Gasteiger partial charge is 0.362 e. The number of aryl methyl sites for hydroxylation is 2. The first-order valence-corrected chi connectivity index (χ1v) is 7.78. The van der Waals surface area contributed by atoms with Crippen LogP contribution >= 0.6 is 0 Å². The van der Waals surface area contributed by atoms with Crippen LogP contribution in [0, 0.1) is 13.8 Å². The van der Waals surface area contributed by atoms with Gasteiger partial charge in [-0.15, -0.1) is 0 Å². The minimum Gasteiger partial charge on any atom is -0.362 e. The quantitative estimate of drug-likeness (QED) is 0.881. The third-order valence-electron chi connectivity index (χ3n) is 2.94. The van der Waals surface area contributed by atoms with Crippen LogP contribution in [-0.4, -0.2) is 13.4 Å². The summed E-state index contributed by atoms with van der Waals surface area (Å²) in [4.78, 5) is 3.16. The number of hydrogen-bond acceptors (Lipinski definition) is 2. The van der Waals surface area contributed by atoms with Crippen LogP contribution in [0.2, 0.25) is 0 Å². The zero-order chi connectivity index (χ0) is 13.9. The summed E-state index contributed by atoms with van der Waals surface area (Å²) in [5, 5.41) is 0. The van der Waals surface area contributed by atoms with Gasteiger partial charge in [0.2, 0.25) is 10.0 Å². The molecule has 5 heteroatoms. The minimum atomic E-state index is -3.30. The van der Waals surface area contributed by atoms with E-state index in [1.54, 1.807) is 0 Å². The van der Waals surface area contributed by atoms with Gasteiger partial charge in [0.15, 0.2) is 0 Å². The van der Waals surface area contributed by atoms with Gasteiger partial charge in [0.05, 0.1) is 5.75 Å². The molecule has 4 nitrogen and oxygen atoms in total. The maximum Gasteiger partial charge on any atom is 0.216 e. The minimum absolute atomic E-state index is 0.0102. The predicted molar refractivity (Wildman–Crippen MR) is 76.2 cm³/mol. The lowest BCUT2D eigenvalue weighted by Crippen LogP contribution is -2.24. The average molecular weight is 278 g/mol. The molecule has 0 saturated carbocycles. The molecule has 0 amide bonds.